The Balaban J connectivity index is 2.30. The summed E-state index contributed by atoms with van der Waals surface area (Å²) in [5.74, 6) is 0.418. The smallest absolute Gasteiger partial charge is 0.311 e. The molecular formula is C11H15N3O3. The summed E-state index contributed by atoms with van der Waals surface area (Å²) in [6, 6.07) is 3.13. The Labute approximate surface area is 99.0 Å². The highest BCUT2D eigenvalue weighted by Crippen LogP contribution is 2.28. The lowest BCUT2D eigenvalue weighted by Crippen LogP contribution is -2.36. The number of pyridine rings is 1. The first-order valence-corrected chi connectivity index (χ1v) is 5.63. The Kier molecular flexibility index (Phi) is 3.23. The lowest BCUT2D eigenvalue weighted by atomic mass is 10.1. The second-order valence-electron chi connectivity index (χ2n) is 4.27. The number of hydrogen-bond donors (Lipinski definition) is 1. The van der Waals surface area contributed by atoms with Gasteiger partial charge < -0.3 is 10.0 Å². The van der Waals surface area contributed by atoms with E-state index in [0.29, 0.717) is 31.7 Å². The Morgan fingerprint density at radius 1 is 1.47 bits per heavy atom. The minimum absolute atomic E-state index is 0.0342. The molecule has 0 spiro atoms. The number of nitro groups is 1. The molecule has 1 aromatic heterocycles. The summed E-state index contributed by atoms with van der Waals surface area (Å²) >= 11 is 0. The lowest BCUT2D eigenvalue weighted by Gasteiger charge is -2.30. The van der Waals surface area contributed by atoms with Crippen molar-refractivity contribution in [2.45, 2.75) is 25.9 Å². The number of aliphatic hydroxyl groups excluding tert-OH is 1. The molecule has 92 valence electrons. The van der Waals surface area contributed by atoms with Gasteiger partial charge in [0.25, 0.3) is 0 Å². The van der Waals surface area contributed by atoms with Crippen molar-refractivity contribution >= 4 is 11.5 Å². The number of aryl methyl sites for hydroxylation is 1. The van der Waals surface area contributed by atoms with Gasteiger partial charge in [-0.3, -0.25) is 10.1 Å². The van der Waals surface area contributed by atoms with Gasteiger partial charge in [0, 0.05) is 24.8 Å². The van der Waals surface area contributed by atoms with Gasteiger partial charge in [0.2, 0.25) is 5.82 Å². The average Bonchev–Trinajstić information content (AvgIpc) is 2.29. The van der Waals surface area contributed by atoms with Crippen LogP contribution in [0.25, 0.3) is 0 Å². The van der Waals surface area contributed by atoms with Crippen molar-refractivity contribution in [3.8, 4) is 0 Å². The molecule has 1 aliphatic rings. The number of rotatable bonds is 2. The van der Waals surface area contributed by atoms with Crippen molar-refractivity contribution in [1.29, 1.82) is 0 Å². The van der Waals surface area contributed by atoms with Gasteiger partial charge in [0.05, 0.1) is 11.0 Å². The van der Waals surface area contributed by atoms with E-state index in [1.54, 1.807) is 6.07 Å². The molecule has 17 heavy (non-hydrogen) atoms. The van der Waals surface area contributed by atoms with E-state index in [1.807, 2.05) is 11.8 Å². The molecule has 1 aromatic rings. The highest BCUT2D eigenvalue weighted by atomic mass is 16.6. The molecule has 6 nitrogen and oxygen atoms in total. The summed E-state index contributed by atoms with van der Waals surface area (Å²) in [5.41, 5.74) is 0.795. The van der Waals surface area contributed by atoms with Crippen molar-refractivity contribution in [3.05, 3.63) is 27.9 Å². The highest BCUT2D eigenvalue weighted by Gasteiger charge is 2.25. The van der Waals surface area contributed by atoms with Crippen molar-refractivity contribution in [1.82, 2.24) is 4.98 Å². The van der Waals surface area contributed by atoms with Crippen LogP contribution in [0.2, 0.25) is 0 Å². The van der Waals surface area contributed by atoms with Gasteiger partial charge >= 0.3 is 5.69 Å². The molecule has 1 fully saturated rings. The molecule has 2 rings (SSSR count). The van der Waals surface area contributed by atoms with Crippen molar-refractivity contribution in [2.24, 2.45) is 0 Å². The molecule has 0 saturated carbocycles. The Morgan fingerprint density at radius 3 is 2.71 bits per heavy atom. The molecule has 0 aromatic carbocycles. The maximum atomic E-state index is 10.9. The van der Waals surface area contributed by atoms with E-state index in [-0.39, 0.29) is 11.8 Å². The van der Waals surface area contributed by atoms with Crippen molar-refractivity contribution in [2.75, 3.05) is 18.0 Å². The number of hydrogen-bond acceptors (Lipinski definition) is 5. The van der Waals surface area contributed by atoms with Crippen LogP contribution < -0.4 is 4.90 Å². The fraction of sp³-hybridized carbons (Fsp3) is 0.545. The maximum absolute atomic E-state index is 10.9. The van der Waals surface area contributed by atoms with Gasteiger partial charge in [-0.15, -0.1) is 0 Å². The average molecular weight is 237 g/mol. The van der Waals surface area contributed by atoms with Crippen molar-refractivity contribution in [3.63, 3.8) is 0 Å². The second kappa shape index (κ2) is 4.67. The molecule has 1 saturated heterocycles. The van der Waals surface area contributed by atoms with Gasteiger partial charge in [0.15, 0.2) is 0 Å². The molecule has 2 heterocycles. The topological polar surface area (TPSA) is 79.5 Å². The third-order valence-electron chi connectivity index (χ3n) is 2.95. The molecule has 0 bridgehead atoms. The van der Waals surface area contributed by atoms with Crippen LogP contribution in [0, 0.1) is 17.0 Å². The largest absolute Gasteiger partial charge is 0.393 e. The summed E-state index contributed by atoms with van der Waals surface area (Å²) in [7, 11) is 0. The minimum Gasteiger partial charge on any atom is -0.393 e. The standard InChI is InChI=1S/C11H15N3O3/c1-8-2-3-10(14(16)17)11(12-8)13-6-4-9(15)5-7-13/h2-3,9,15H,4-7H2,1H3. The molecule has 6 heteroatoms. The van der Waals surface area contributed by atoms with E-state index in [9.17, 15) is 15.2 Å². The predicted octanol–water partition coefficient (Wildman–Crippen LogP) is 1.26. The van der Waals surface area contributed by atoms with Crippen LogP contribution >= 0.6 is 0 Å². The number of aliphatic hydroxyl groups is 1. The van der Waals surface area contributed by atoms with Crippen LogP contribution in [-0.4, -0.2) is 34.2 Å². The van der Waals surface area contributed by atoms with E-state index >= 15 is 0 Å². The fourth-order valence-electron chi connectivity index (χ4n) is 1.99. The van der Waals surface area contributed by atoms with E-state index in [1.165, 1.54) is 6.07 Å². The molecule has 0 aliphatic carbocycles. The summed E-state index contributed by atoms with van der Waals surface area (Å²) < 4.78 is 0. The molecule has 1 aliphatic heterocycles. The molecule has 0 unspecified atom stereocenters. The summed E-state index contributed by atoms with van der Waals surface area (Å²) in [6.07, 6.45) is 0.967. The molecule has 0 amide bonds. The second-order valence-corrected chi connectivity index (χ2v) is 4.27. The number of nitrogens with zero attached hydrogens (tertiary/aromatic N) is 3. The number of anilines is 1. The first-order chi connectivity index (χ1) is 8.08. The van der Waals surface area contributed by atoms with Crippen LogP contribution in [0.4, 0.5) is 11.5 Å². The van der Waals surface area contributed by atoms with Crippen LogP contribution in [0.3, 0.4) is 0 Å². The normalized spacial score (nSPS) is 17.2. The highest BCUT2D eigenvalue weighted by molar-refractivity contribution is 5.58. The number of piperidine rings is 1. The first-order valence-electron chi connectivity index (χ1n) is 5.63. The van der Waals surface area contributed by atoms with Crippen LogP contribution in [0.15, 0.2) is 12.1 Å². The third-order valence-corrected chi connectivity index (χ3v) is 2.95. The molecule has 0 radical (unpaired) electrons. The van der Waals surface area contributed by atoms with E-state index in [4.69, 9.17) is 0 Å². The molecule has 0 atom stereocenters. The van der Waals surface area contributed by atoms with E-state index in [2.05, 4.69) is 4.98 Å². The maximum Gasteiger partial charge on any atom is 0.311 e. The number of aromatic nitrogens is 1. The summed E-state index contributed by atoms with van der Waals surface area (Å²) in [4.78, 5) is 16.6. The Bertz CT molecular complexity index is 428. The zero-order valence-corrected chi connectivity index (χ0v) is 9.67. The van der Waals surface area contributed by atoms with E-state index in [0.717, 1.165) is 5.69 Å². The quantitative estimate of drug-likeness (QED) is 0.618. The van der Waals surface area contributed by atoms with Crippen LogP contribution in [-0.2, 0) is 0 Å². The zero-order chi connectivity index (χ0) is 12.4. The third kappa shape index (κ3) is 2.52. The summed E-state index contributed by atoms with van der Waals surface area (Å²) in [5, 5.41) is 20.4. The van der Waals surface area contributed by atoms with Gasteiger partial charge in [-0.05, 0) is 25.8 Å². The van der Waals surface area contributed by atoms with Crippen molar-refractivity contribution < 1.29 is 10.0 Å². The van der Waals surface area contributed by atoms with Gasteiger partial charge in [-0.1, -0.05) is 0 Å². The minimum atomic E-state index is -0.410. The molecular weight excluding hydrogens is 222 g/mol. The predicted molar refractivity (Wildman–Crippen MR) is 63.1 cm³/mol. The first kappa shape index (κ1) is 11.8. The van der Waals surface area contributed by atoms with E-state index < -0.39 is 4.92 Å². The van der Waals surface area contributed by atoms with Gasteiger partial charge in [-0.2, -0.15) is 0 Å². The van der Waals surface area contributed by atoms with Crippen LogP contribution in [0.5, 0.6) is 0 Å². The van der Waals surface area contributed by atoms with Gasteiger partial charge in [-0.25, -0.2) is 4.98 Å². The zero-order valence-electron chi connectivity index (χ0n) is 9.67. The monoisotopic (exact) mass is 237 g/mol. The lowest BCUT2D eigenvalue weighted by molar-refractivity contribution is -0.384. The Morgan fingerprint density at radius 2 is 2.12 bits per heavy atom. The van der Waals surface area contributed by atoms with Gasteiger partial charge in [0.1, 0.15) is 0 Å². The molecule has 1 N–H and O–H groups in total. The van der Waals surface area contributed by atoms with Crippen LogP contribution in [0.1, 0.15) is 18.5 Å². The SMILES string of the molecule is Cc1ccc([N+](=O)[O-])c(N2CCC(O)CC2)n1. The Hall–Kier alpha value is -1.69. The summed E-state index contributed by atoms with van der Waals surface area (Å²) in [6.45, 7) is 3.03. The fourth-order valence-corrected chi connectivity index (χ4v) is 1.99.